The molecular formula is C55H119F13. The molecule has 0 aliphatic rings. The van der Waals surface area contributed by atoms with Crippen LogP contribution in [0, 0.1) is 29.6 Å². The topological polar surface area (TPSA) is 0 Å². The molecule has 0 aromatic carbocycles. The monoisotopic (exact) mass is 1030 g/mol. The largest absolute Gasteiger partial charge is 0.391 e. The number of rotatable bonds is 17. The fraction of sp³-hybridized carbons (Fsp3) is 1.00. The van der Waals surface area contributed by atoms with E-state index in [-0.39, 0.29) is 32.1 Å². The van der Waals surface area contributed by atoms with Crippen molar-refractivity contribution in [3.05, 3.63) is 0 Å². The number of hydrogen-bond donors (Lipinski definition) is 0. The van der Waals surface area contributed by atoms with Gasteiger partial charge in [0.15, 0.2) is 0 Å². The lowest BCUT2D eigenvalue weighted by Crippen LogP contribution is -2.18. The third kappa shape index (κ3) is 151. The summed E-state index contributed by atoms with van der Waals surface area (Å²) in [6.07, 6.45) is 3.75. The van der Waals surface area contributed by atoms with Gasteiger partial charge in [0.05, 0.1) is 18.0 Å². The van der Waals surface area contributed by atoms with Crippen LogP contribution in [0.4, 0.5) is 57.1 Å². The van der Waals surface area contributed by atoms with E-state index in [0.717, 1.165) is 51.9 Å². The summed E-state index contributed by atoms with van der Waals surface area (Å²) in [6, 6.07) is 0. The van der Waals surface area contributed by atoms with E-state index in [9.17, 15) is 57.1 Å². The van der Waals surface area contributed by atoms with Crippen molar-refractivity contribution in [2.75, 3.05) is 0 Å². The lowest BCUT2D eigenvalue weighted by Gasteiger charge is -2.11. The summed E-state index contributed by atoms with van der Waals surface area (Å²) in [6.45, 7) is 45.2. The Kier molecular flexibility index (Phi) is 81.9. The smallest absolute Gasteiger partial charge is 0.248 e. The molecule has 0 saturated carbocycles. The predicted molar refractivity (Wildman–Crippen MR) is 279 cm³/mol. The minimum atomic E-state index is -4.43. The maximum atomic E-state index is 11.9. The Labute approximate surface area is 419 Å². The molecule has 0 N–H and O–H groups in total. The van der Waals surface area contributed by atoms with Gasteiger partial charge in [-0.25, -0.2) is 30.7 Å². The number of unbranched alkanes of at least 4 members (excludes halogenated alkanes) is 4. The normalized spacial score (nSPS) is 12.8. The quantitative estimate of drug-likeness (QED) is 0.127. The molecule has 13 heteroatoms. The predicted octanol–water partition coefficient (Wildman–Crippen LogP) is 25.2. The molecule has 0 fully saturated rings. The molecule has 0 aliphatic carbocycles. The van der Waals surface area contributed by atoms with Gasteiger partial charge in [-0.15, -0.1) is 0 Å². The number of hydrogen-bond acceptors (Lipinski definition) is 0. The van der Waals surface area contributed by atoms with Gasteiger partial charge in [-0.2, -0.15) is 26.3 Å². The van der Waals surface area contributed by atoms with Crippen molar-refractivity contribution < 1.29 is 59.8 Å². The van der Waals surface area contributed by atoms with Gasteiger partial charge in [0.25, 0.3) is 0 Å². The molecule has 0 bridgehead atoms. The molecule has 68 heavy (non-hydrogen) atoms. The van der Waals surface area contributed by atoms with Gasteiger partial charge in [-0.1, -0.05) is 229 Å². The highest BCUT2D eigenvalue weighted by molar-refractivity contribution is 4.59. The Morgan fingerprint density at radius 3 is 0.603 bits per heavy atom. The van der Waals surface area contributed by atoms with Crippen molar-refractivity contribution in [2.45, 2.75) is 331 Å². The van der Waals surface area contributed by atoms with Gasteiger partial charge in [0.1, 0.15) is 0 Å². The van der Waals surface area contributed by atoms with Crippen molar-refractivity contribution in [2.24, 2.45) is 29.6 Å². The lowest BCUT2D eigenvalue weighted by atomic mass is 10.1. The van der Waals surface area contributed by atoms with E-state index < -0.39 is 54.5 Å². The first kappa shape index (κ1) is 86.8. The zero-order chi connectivity index (χ0) is 59.2. The van der Waals surface area contributed by atoms with Crippen molar-refractivity contribution in [3.63, 3.8) is 0 Å². The van der Waals surface area contributed by atoms with E-state index in [1.165, 1.54) is 85.5 Å². The summed E-state index contributed by atoms with van der Waals surface area (Å²) in [5, 5.41) is 0. The average molecular weight is 1030 g/mol. The fourth-order valence-corrected chi connectivity index (χ4v) is 2.63. The number of halogens is 13. The molecule has 0 nitrogen and oxygen atoms in total. The summed E-state index contributed by atoms with van der Waals surface area (Å²) >= 11 is 0. The van der Waals surface area contributed by atoms with Gasteiger partial charge in [0.2, 0.25) is 17.8 Å². The summed E-state index contributed by atoms with van der Waals surface area (Å²) < 4.78 is 165. The maximum absolute atomic E-state index is 11.9. The highest BCUT2D eigenvalue weighted by atomic mass is 19.4. The van der Waals surface area contributed by atoms with Crippen LogP contribution in [0.5, 0.6) is 0 Å². The summed E-state index contributed by atoms with van der Waals surface area (Å²) in [5.74, 6) is -7.72. The average Bonchev–Trinajstić information content (AvgIpc) is 3.21. The Balaban J connectivity index is -0.0000000613. The Bertz CT molecular complexity index is 825. The first-order valence-electron chi connectivity index (χ1n) is 27.2. The fourth-order valence-electron chi connectivity index (χ4n) is 2.63. The molecule has 0 aromatic rings. The molecular weight excluding hydrogens is 908 g/mol. The minimum Gasteiger partial charge on any atom is -0.248 e. The van der Waals surface area contributed by atoms with Gasteiger partial charge >= 0.3 is 12.4 Å². The van der Waals surface area contributed by atoms with Gasteiger partial charge in [-0.05, 0) is 57.7 Å². The van der Waals surface area contributed by atoms with E-state index in [2.05, 4.69) is 90.0 Å². The Morgan fingerprint density at radius 1 is 0.368 bits per heavy atom. The summed E-state index contributed by atoms with van der Waals surface area (Å²) in [5.41, 5.74) is 0. The van der Waals surface area contributed by atoms with Gasteiger partial charge in [-0.3, -0.25) is 0 Å². The van der Waals surface area contributed by atoms with Crippen molar-refractivity contribution >= 4 is 0 Å². The molecule has 3 unspecified atom stereocenters. The number of alkyl halides is 13. The summed E-state index contributed by atoms with van der Waals surface area (Å²) in [7, 11) is 0. The van der Waals surface area contributed by atoms with E-state index in [0.29, 0.717) is 19.3 Å². The zero-order valence-electron chi connectivity index (χ0n) is 51.1. The second-order valence-electron chi connectivity index (χ2n) is 18.3. The highest BCUT2D eigenvalue weighted by Gasteiger charge is 2.34. The van der Waals surface area contributed by atoms with Crippen molar-refractivity contribution in [3.8, 4) is 0 Å². The van der Waals surface area contributed by atoms with Crippen LogP contribution in [0.1, 0.15) is 298 Å². The molecule has 0 heterocycles. The van der Waals surface area contributed by atoms with E-state index in [4.69, 9.17) is 2.74 Å². The van der Waals surface area contributed by atoms with Crippen molar-refractivity contribution in [1.82, 2.24) is 0 Å². The van der Waals surface area contributed by atoms with Crippen LogP contribution in [-0.2, 0) is 0 Å². The first-order chi connectivity index (χ1) is 31.3. The molecule has 0 aliphatic heterocycles. The van der Waals surface area contributed by atoms with Crippen LogP contribution < -0.4 is 0 Å². The molecule has 0 amide bonds. The summed E-state index contributed by atoms with van der Waals surface area (Å²) in [4.78, 5) is 0. The second-order valence-corrected chi connectivity index (χ2v) is 18.3. The standard InChI is InChI=1S/2C5H9F3.3C5H10F2.C5H11F.5C5H12/c2*1-3-4(2)5(6,7)8;2*1-3-4-5(2,6)7;1-3-5(6,7)4-2;1-3-4-5(2)6;3*1-4-5(2)3;2*1-3-5-4-2/h2*4H,3H2,1-2H3;3*3-4H2,1-2H3;5H,3-4H2,1-2H3;3*5H,4H2,1-3H3;2*3-5H2,1-2H3/i3D2;;;;;;;;;;. The molecule has 0 aromatic heterocycles. The van der Waals surface area contributed by atoms with E-state index in [1.807, 2.05) is 6.92 Å². The first-order valence-corrected chi connectivity index (χ1v) is 26.2. The minimum absolute atomic E-state index is 0.00694. The zero-order valence-corrected chi connectivity index (χ0v) is 49.1. The Morgan fingerprint density at radius 2 is 0.603 bits per heavy atom. The van der Waals surface area contributed by atoms with Crippen LogP contribution in [-0.4, -0.2) is 36.3 Å². The van der Waals surface area contributed by atoms with Crippen molar-refractivity contribution in [1.29, 1.82) is 0 Å². The lowest BCUT2D eigenvalue weighted by molar-refractivity contribution is -0.170. The second kappa shape index (κ2) is 64.1. The SMILES string of the molecule is CCC(C)C.CCC(C)C.CCC(C)C.CCC(C)C(F)(F)F.CCC(F)(F)CC.CCCC(C)(F)F.CCCC(C)(F)F.CCCC(C)F.CCCCC.CCCCC.[2H]C([2H])(C)C(C)C(F)(F)F. The van der Waals surface area contributed by atoms with Gasteiger partial charge in [0, 0.05) is 28.4 Å². The maximum Gasteiger partial charge on any atom is 0.391 e. The van der Waals surface area contributed by atoms with Crippen LogP contribution in [0.25, 0.3) is 0 Å². The highest BCUT2D eigenvalue weighted by Crippen LogP contribution is 2.28. The van der Waals surface area contributed by atoms with E-state index >= 15 is 0 Å². The van der Waals surface area contributed by atoms with Gasteiger partial charge < -0.3 is 0 Å². The molecule has 0 saturated heterocycles. The van der Waals surface area contributed by atoms with E-state index in [1.54, 1.807) is 20.8 Å². The third-order valence-electron chi connectivity index (χ3n) is 9.06. The third-order valence-corrected chi connectivity index (χ3v) is 9.06. The molecule has 0 radical (unpaired) electrons. The van der Waals surface area contributed by atoms with Crippen LogP contribution in [0.2, 0.25) is 0 Å². The molecule has 3 atom stereocenters. The molecule has 430 valence electrons. The Hall–Kier alpha value is -0.910. The molecule has 0 rings (SSSR count). The molecule has 0 spiro atoms. The van der Waals surface area contributed by atoms with Crippen LogP contribution >= 0.6 is 0 Å². The van der Waals surface area contributed by atoms with Crippen LogP contribution in [0.15, 0.2) is 0 Å². The van der Waals surface area contributed by atoms with Crippen LogP contribution in [0.3, 0.4) is 0 Å².